The van der Waals surface area contributed by atoms with E-state index in [0.29, 0.717) is 11.6 Å². The molecule has 0 saturated carbocycles. The molecule has 6 heteroatoms. The average molecular weight is 261 g/mol. The van der Waals surface area contributed by atoms with Gasteiger partial charge in [0, 0.05) is 18.3 Å². The van der Waals surface area contributed by atoms with Crippen LogP contribution in [-0.4, -0.2) is 25.9 Å². The van der Waals surface area contributed by atoms with Crippen molar-refractivity contribution in [2.45, 2.75) is 39.8 Å². The quantitative estimate of drug-likeness (QED) is 0.913. The van der Waals surface area contributed by atoms with Gasteiger partial charge < -0.3 is 10.5 Å². The number of anilines is 1. The third kappa shape index (κ3) is 3.01. The fourth-order valence-electron chi connectivity index (χ4n) is 1.80. The predicted molar refractivity (Wildman–Crippen MR) is 73.8 cm³/mol. The first-order chi connectivity index (χ1) is 8.97. The molecule has 0 radical (unpaired) electrons. The molecule has 0 amide bonds. The highest BCUT2D eigenvalue weighted by atomic mass is 16.5. The maximum atomic E-state index is 5.74. The normalized spacial score (nSPS) is 11.3. The van der Waals surface area contributed by atoms with Gasteiger partial charge in [-0.2, -0.15) is 10.1 Å². The number of nitrogens with two attached hydrogens (primary N) is 1. The lowest BCUT2D eigenvalue weighted by molar-refractivity contribution is 0.233. The number of hydrogen-bond acceptors (Lipinski definition) is 5. The number of nitrogen functional groups attached to an aromatic ring is 1. The monoisotopic (exact) mass is 261 g/mol. The van der Waals surface area contributed by atoms with E-state index in [4.69, 9.17) is 10.5 Å². The maximum Gasteiger partial charge on any atom is 0.223 e. The van der Waals surface area contributed by atoms with Crippen LogP contribution >= 0.6 is 0 Å². The molecule has 2 aromatic heterocycles. The van der Waals surface area contributed by atoms with E-state index in [0.717, 1.165) is 5.69 Å². The van der Waals surface area contributed by atoms with Crippen LogP contribution in [-0.2, 0) is 0 Å². The van der Waals surface area contributed by atoms with Crippen LogP contribution in [0.4, 0.5) is 5.95 Å². The predicted octanol–water partition coefficient (Wildman–Crippen LogP) is 2.29. The standard InChI is InChI=1S/C13H19N5O/c1-8(2)18-11(5-6-15-18)10-7-12(19-9(3)4)17-13(14)16-10/h5-9H,1-4H3,(H2,14,16,17). The SMILES string of the molecule is CC(C)Oc1cc(-c2ccnn2C(C)C)nc(N)n1. The molecular formula is C13H19N5O. The second-order valence-corrected chi connectivity index (χ2v) is 4.87. The topological polar surface area (TPSA) is 78.8 Å². The van der Waals surface area contributed by atoms with Crippen molar-refractivity contribution in [3.63, 3.8) is 0 Å². The van der Waals surface area contributed by atoms with E-state index in [1.54, 1.807) is 12.3 Å². The van der Waals surface area contributed by atoms with Crippen LogP contribution in [0.3, 0.4) is 0 Å². The highest BCUT2D eigenvalue weighted by Gasteiger charge is 2.13. The minimum atomic E-state index is 0.0390. The number of hydrogen-bond donors (Lipinski definition) is 1. The largest absolute Gasteiger partial charge is 0.475 e. The van der Waals surface area contributed by atoms with Gasteiger partial charge in [0.2, 0.25) is 11.8 Å². The summed E-state index contributed by atoms with van der Waals surface area (Å²) in [5, 5.41) is 4.29. The molecule has 102 valence electrons. The average Bonchev–Trinajstić information content (AvgIpc) is 2.75. The zero-order valence-corrected chi connectivity index (χ0v) is 11.7. The van der Waals surface area contributed by atoms with E-state index in [2.05, 4.69) is 28.9 Å². The van der Waals surface area contributed by atoms with Crippen molar-refractivity contribution in [3.8, 4) is 17.3 Å². The molecular weight excluding hydrogens is 242 g/mol. The van der Waals surface area contributed by atoms with Crippen LogP contribution in [0.5, 0.6) is 5.88 Å². The summed E-state index contributed by atoms with van der Waals surface area (Å²) in [5.74, 6) is 0.679. The first-order valence-corrected chi connectivity index (χ1v) is 6.32. The van der Waals surface area contributed by atoms with Crippen molar-refractivity contribution in [2.24, 2.45) is 0 Å². The minimum Gasteiger partial charge on any atom is -0.475 e. The molecule has 6 nitrogen and oxygen atoms in total. The Bertz CT molecular complexity index is 562. The summed E-state index contributed by atoms with van der Waals surface area (Å²) in [7, 11) is 0. The van der Waals surface area contributed by atoms with Gasteiger partial charge in [-0.1, -0.05) is 0 Å². The molecule has 0 saturated heterocycles. The Morgan fingerprint density at radius 3 is 2.58 bits per heavy atom. The van der Waals surface area contributed by atoms with E-state index < -0.39 is 0 Å². The van der Waals surface area contributed by atoms with Gasteiger partial charge in [0.05, 0.1) is 17.5 Å². The van der Waals surface area contributed by atoms with Crippen molar-refractivity contribution >= 4 is 5.95 Å². The van der Waals surface area contributed by atoms with Gasteiger partial charge in [0.15, 0.2) is 0 Å². The molecule has 2 N–H and O–H groups in total. The first-order valence-electron chi connectivity index (χ1n) is 6.32. The highest BCUT2D eigenvalue weighted by molar-refractivity contribution is 5.57. The lowest BCUT2D eigenvalue weighted by Crippen LogP contribution is -2.10. The van der Waals surface area contributed by atoms with Crippen molar-refractivity contribution in [1.82, 2.24) is 19.7 Å². The lowest BCUT2D eigenvalue weighted by atomic mass is 10.2. The number of rotatable bonds is 4. The minimum absolute atomic E-state index is 0.0390. The van der Waals surface area contributed by atoms with Crippen LogP contribution < -0.4 is 10.5 Å². The Balaban J connectivity index is 2.44. The number of nitrogens with zero attached hydrogens (tertiary/aromatic N) is 4. The third-order valence-electron chi connectivity index (χ3n) is 2.50. The Morgan fingerprint density at radius 2 is 1.95 bits per heavy atom. The van der Waals surface area contributed by atoms with E-state index in [1.807, 2.05) is 24.6 Å². The second kappa shape index (κ2) is 5.26. The molecule has 0 aromatic carbocycles. The summed E-state index contributed by atoms with van der Waals surface area (Å²) < 4.78 is 7.46. The smallest absolute Gasteiger partial charge is 0.223 e. The molecule has 19 heavy (non-hydrogen) atoms. The molecule has 0 aliphatic heterocycles. The van der Waals surface area contributed by atoms with Gasteiger partial charge in [-0.3, -0.25) is 4.68 Å². The molecule has 0 fully saturated rings. The van der Waals surface area contributed by atoms with E-state index in [-0.39, 0.29) is 18.1 Å². The van der Waals surface area contributed by atoms with Crippen molar-refractivity contribution in [1.29, 1.82) is 0 Å². The van der Waals surface area contributed by atoms with Gasteiger partial charge in [0.25, 0.3) is 0 Å². The van der Waals surface area contributed by atoms with Crippen LogP contribution in [0, 0.1) is 0 Å². The summed E-state index contributed by atoms with van der Waals surface area (Å²) in [5.41, 5.74) is 7.35. The summed E-state index contributed by atoms with van der Waals surface area (Å²) in [4.78, 5) is 8.33. The highest BCUT2D eigenvalue weighted by Crippen LogP contribution is 2.24. The Labute approximate surface area is 112 Å². The van der Waals surface area contributed by atoms with Crippen molar-refractivity contribution in [2.75, 3.05) is 5.73 Å². The van der Waals surface area contributed by atoms with Gasteiger partial charge in [-0.15, -0.1) is 0 Å². The third-order valence-corrected chi connectivity index (χ3v) is 2.50. The Hall–Kier alpha value is -2.11. The van der Waals surface area contributed by atoms with Crippen LogP contribution in [0.25, 0.3) is 11.4 Å². The van der Waals surface area contributed by atoms with Crippen LogP contribution in [0.1, 0.15) is 33.7 Å². The molecule has 2 aromatic rings. The van der Waals surface area contributed by atoms with Gasteiger partial charge in [-0.05, 0) is 33.8 Å². The molecule has 0 bridgehead atoms. The van der Waals surface area contributed by atoms with Gasteiger partial charge >= 0.3 is 0 Å². The number of ether oxygens (including phenoxy) is 1. The van der Waals surface area contributed by atoms with E-state index in [9.17, 15) is 0 Å². The molecule has 0 aliphatic carbocycles. The summed E-state index contributed by atoms with van der Waals surface area (Å²) in [6.07, 6.45) is 1.79. The first kappa shape index (κ1) is 13.3. The van der Waals surface area contributed by atoms with Gasteiger partial charge in [-0.25, -0.2) is 4.98 Å². The Kier molecular flexibility index (Phi) is 3.69. The molecule has 0 atom stereocenters. The summed E-state index contributed by atoms with van der Waals surface area (Å²) >= 11 is 0. The fourth-order valence-corrected chi connectivity index (χ4v) is 1.80. The van der Waals surface area contributed by atoms with Crippen LogP contribution in [0.15, 0.2) is 18.3 Å². The van der Waals surface area contributed by atoms with Crippen LogP contribution in [0.2, 0.25) is 0 Å². The molecule has 0 spiro atoms. The molecule has 2 heterocycles. The molecule has 0 aliphatic rings. The summed E-state index contributed by atoms with van der Waals surface area (Å²) in [6.45, 7) is 8.01. The van der Waals surface area contributed by atoms with Crippen molar-refractivity contribution in [3.05, 3.63) is 18.3 Å². The molecule has 0 unspecified atom stereocenters. The molecule has 2 rings (SSSR count). The van der Waals surface area contributed by atoms with E-state index in [1.165, 1.54) is 0 Å². The van der Waals surface area contributed by atoms with Crippen molar-refractivity contribution < 1.29 is 4.74 Å². The fraction of sp³-hybridized carbons (Fsp3) is 0.462. The number of aromatic nitrogens is 4. The van der Waals surface area contributed by atoms with Gasteiger partial charge in [0.1, 0.15) is 0 Å². The van der Waals surface area contributed by atoms with E-state index >= 15 is 0 Å². The summed E-state index contributed by atoms with van der Waals surface area (Å²) in [6, 6.07) is 3.93. The second-order valence-electron chi connectivity index (χ2n) is 4.87. The Morgan fingerprint density at radius 1 is 1.21 bits per heavy atom. The zero-order chi connectivity index (χ0) is 14.0. The zero-order valence-electron chi connectivity index (χ0n) is 11.7. The maximum absolute atomic E-state index is 5.74. The lowest BCUT2D eigenvalue weighted by Gasteiger charge is -2.13.